The summed E-state index contributed by atoms with van der Waals surface area (Å²) in [5, 5.41) is 3.13. The molecule has 0 unspecified atom stereocenters. The molecular formula is C12H16Cl2N2O3S. The van der Waals surface area contributed by atoms with E-state index < -0.39 is 15.9 Å². The van der Waals surface area contributed by atoms with Crippen molar-refractivity contribution in [2.24, 2.45) is 0 Å². The maximum absolute atomic E-state index is 11.9. The first kappa shape index (κ1) is 17.2. The van der Waals surface area contributed by atoms with Gasteiger partial charge in [0, 0.05) is 6.54 Å². The maximum Gasteiger partial charge on any atom is 0.239 e. The van der Waals surface area contributed by atoms with Crippen molar-refractivity contribution >= 4 is 44.8 Å². The van der Waals surface area contributed by atoms with E-state index in [0.29, 0.717) is 16.5 Å². The number of halogens is 2. The number of hydrogen-bond donors (Lipinski definition) is 1. The van der Waals surface area contributed by atoms with Crippen molar-refractivity contribution in [3.05, 3.63) is 28.2 Å². The van der Waals surface area contributed by atoms with Crippen LogP contribution in [0.25, 0.3) is 0 Å². The molecule has 0 aliphatic carbocycles. The first-order valence-electron chi connectivity index (χ1n) is 5.94. The van der Waals surface area contributed by atoms with Crippen molar-refractivity contribution in [2.75, 3.05) is 24.7 Å². The van der Waals surface area contributed by atoms with Gasteiger partial charge in [-0.15, -0.1) is 0 Å². The summed E-state index contributed by atoms with van der Waals surface area (Å²) in [5.74, 6) is -0.487. The average molecular weight is 339 g/mol. The number of hydrogen-bond acceptors (Lipinski definition) is 3. The number of carbonyl (C=O) groups is 1. The zero-order chi connectivity index (χ0) is 15.3. The van der Waals surface area contributed by atoms with Crippen molar-refractivity contribution in [3.8, 4) is 0 Å². The molecule has 0 aliphatic heterocycles. The minimum absolute atomic E-state index is 0.270. The van der Waals surface area contributed by atoms with Crippen molar-refractivity contribution < 1.29 is 13.2 Å². The standard InChI is InChI=1S/C12H16Cl2N2O3S/c1-3-7-16(20(2,18)19)8-11(17)15-12-9(13)5-4-6-10(12)14/h4-6H,3,7-8H2,1-2H3,(H,15,17). The topological polar surface area (TPSA) is 66.5 Å². The van der Waals surface area contributed by atoms with Gasteiger partial charge >= 0.3 is 0 Å². The molecule has 112 valence electrons. The number of anilines is 1. The number of sulfonamides is 1. The highest BCUT2D eigenvalue weighted by Gasteiger charge is 2.20. The third kappa shape index (κ3) is 4.94. The van der Waals surface area contributed by atoms with Gasteiger partial charge in [-0.25, -0.2) is 8.42 Å². The molecule has 1 aromatic rings. The molecule has 0 radical (unpaired) electrons. The van der Waals surface area contributed by atoms with E-state index in [0.717, 1.165) is 10.6 Å². The maximum atomic E-state index is 11.9. The Hall–Kier alpha value is -0.820. The number of nitrogens with one attached hydrogen (secondary N) is 1. The van der Waals surface area contributed by atoms with Gasteiger partial charge in [0.15, 0.2) is 0 Å². The van der Waals surface area contributed by atoms with Gasteiger partial charge in [-0.3, -0.25) is 4.79 Å². The third-order valence-electron chi connectivity index (χ3n) is 2.49. The average Bonchev–Trinajstić information content (AvgIpc) is 2.32. The van der Waals surface area contributed by atoms with E-state index in [1.54, 1.807) is 18.2 Å². The van der Waals surface area contributed by atoms with Crippen LogP contribution >= 0.6 is 23.2 Å². The molecule has 20 heavy (non-hydrogen) atoms. The van der Waals surface area contributed by atoms with E-state index >= 15 is 0 Å². The molecule has 1 amide bonds. The zero-order valence-electron chi connectivity index (χ0n) is 11.2. The lowest BCUT2D eigenvalue weighted by molar-refractivity contribution is -0.116. The van der Waals surface area contributed by atoms with Crippen molar-refractivity contribution in [1.82, 2.24) is 4.31 Å². The van der Waals surface area contributed by atoms with Crippen LogP contribution in [0.15, 0.2) is 18.2 Å². The Labute approximate surface area is 128 Å². The van der Waals surface area contributed by atoms with Gasteiger partial charge in [0.2, 0.25) is 15.9 Å². The smallest absolute Gasteiger partial charge is 0.239 e. The summed E-state index contributed by atoms with van der Waals surface area (Å²) in [7, 11) is -3.43. The lowest BCUT2D eigenvalue weighted by Gasteiger charge is -2.19. The first-order valence-corrected chi connectivity index (χ1v) is 8.55. The van der Waals surface area contributed by atoms with Crippen molar-refractivity contribution in [1.29, 1.82) is 0 Å². The molecule has 1 N–H and O–H groups in total. The van der Waals surface area contributed by atoms with E-state index in [1.165, 1.54) is 0 Å². The summed E-state index contributed by atoms with van der Waals surface area (Å²) in [5.41, 5.74) is 0.283. The monoisotopic (exact) mass is 338 g/mol. The fourth-order valence-electron chi connectivity index (χ4n) is 1.57. The van der Waals surface area contributed by atoms with E-state index in [2.05, 4.69) is 5.32 Å². The summed E-state index contributed by atoms with van der Waals surface area (Å²) >= 11 is 11.9. The Bertz CT molecular complexity index is 570. The number of rotatable bonds is 6. The molecule has 0 spiro atoms. The predicted molar refractivity (Wildman–Crippen MR) is 81.8 cm³/mol. The Morgan fingerprint density at radius 3 is 2.30 bits per heavy atom. The third-order valence-corrected chi connectivity index (χ3v) is 4.37. The van der Waals surface area contributed by atoms with Crippen LogP contribution in [0, 0.1) is 0 Å². The largest absolute Gasteiger partial charge is 0.322 e. The normalized spacial score (nSPS) is 11.7. The number of benzene rings is 1. The van der Waals surface area contributed by atoms with E-state index in [-0.39, 0.29) is 18.8 Å². The summed E-state index contributed by atoms with van der Waals surface area (Å²) in [4.78, 5) is 11.9. The fraction of sp³-hybridized carbons (Fsp3) is 0.417. The summed E-state index contributed by atoms with van der Waals surface area (Å²) in [6.07, 6.45) is 1.69. The second-order valence-corrected chi connectivity index (χ2v) is 7.04. The minimum atomic E-state index is -3.43. The highest BCUT2D eigenvalue weighted by atomic mass is 35.5. The van der Waals surface area contributed by atoms with Crippen LogP contribution in [0.1, 0.15) is 13.3 Å². The molecule has 1 rings (SSSR count). The van der Waals surface area contributed by atoms with Gasteiger partial charge < -0.3 is 5.32 Å². The van der Waals surface area contributed by atoms with Crippen LogP contribution in [-0.2, 0) is 14.8 Å². The van der Waals surface area contributed by atoms with Crippen molar-refractivity contribution in [3.63, 3.8) is 0 Å². The van der Waals surface area contributed by atoms with Crippen LogP contribution in [-0.4, -0.2) is 38.0 Å². The van der Waals surface area contributed by atoms with Crippen molar-refractivity contribution in [2.45, 2.75) is 13.3 Å². The number of nitrogens with zero attached hydrogens (tertiary/aromatic N) is 1. The zero-order valence-corrected chi connectivity index (χ0v) is 13.5. The van der Waals surface area contributed by atoms with Gasteiger partial charge in [0.05, 0.1) is 28.5 Å². The molecule has 0 atom stereocenters. The number of para-hydroxylation sites is 1. The molecule has 5 nitrogen and oxygen atoms in total. The lowest BCUT2D eigenvalue weighted by atomic mass is 10.3. The van der Waals surface area contributed by atoms with Gasteiger partial charge in [0.1, 0.15) is 0 Å². The first-order chi connectivity index (χ1) is 9.25. The van der Waals surface area contributed by atoms with Crippen LogP contribution in [0.2, 0.25) is 10.0 Å². The number of amides is 1. The van der Waals surface area contributed by atoms with Crippen LogP contribution < -0.4 is 5.32 Å². The minimum Gasteiger partial charge on any atom is -0.322 e. The van der Waals surface area contributed by atoms with E-state index in [4.69, 9.17) is 23.2 Å². The van der Waals surface area contributed by atoms with Gasteiger partial charge in [-0.1, -0.05) is 36.2 Å². The molecule has 0 saturated carbocycles. The van der Waals surface area contributed by atoms with Gasteiger partial charge in [-0.05, 0) is 18.6 Å². The van der Waals surface area contributed by atoms with Gasteiger partial charge in [0.25, 0.3) is 0 Å². The summed E-state index contributed by atoms with van der Waals surface area (Å²) in [6.45, 7) is 1.84. The van der Waals surface area contributed by atoms with Crippen LogP contribution in [0.5, 0.6) is 0 Å². The molecule has 0 bridgehead atoms. The molecule has 0 heterocycles. The molecule has 8 heteroatoms. The quantitative estimate of drug-likeness (QED) is 0.866. The Morgan fingerprint density at radius 2 is 1.85 bits per heavy atom. The highest BCUT2D eigenvalue weighted by Crippen LogP contribution is 2.29. The molecule has 0 aromatic heterocycles. The van der Waals surface area contributed by atoms with Gasteiger partial charge in [-0.2, -0.15) is 4.31 Å². The Kier molecular flexibility index (Phi) is 6.26. The molecule has 1 aromatic carbocycles. The molecule has 0 fully saturated rings. The van der Waals surface area contributed by atoms with E-state index in [9.17, 15) is 13.2 Å². The fourth-order valence-corrected chi connectivity index (χ4v) is 2.93. The second kappa shape index (κ2) is 7.26. The van der Waals surface area contributed by atoms with E-state index in [1.807, 2.05) is 6.92 Å². The molecule has 0 aliphatic rings. The van der Waals surface area contributed by atoms with Crippen LogP contribution in [0.3, 0.4) is 0 Å². The lowest BCUT2D eigenvalue weighted by Crippen LogP contribution is -2.37. The Morgan fingerprint density at radius 1 is 1.30 bits per heavy atom. The summed E-state index contributed by atoms with van der Waals surface area (Å²) < 4.78 is 24.2. The predicted octanol–water partition coefficient (Wildman–Crippen LogP) is 2.60. The summed E-state index contributed by atoms with van der Waals surface area (Å²) in [6, 6.07) is 4.83. The van der Waals surface area contributed by atoms with Crippen LogP contribution in [0.4, 0.5) is 5.69 Å². The number of carbonyl (C=O) groups excluding carboxylic acids is 1. The molecular weight excluding hydrogens is 323 g/mol. The SMILES string of the molecule is CCCN(CC(=O)Nc1c(Cl)cccc1Cl)S(C)(=O)=O. The molecule has 0 saturated heterocycles. The highest BCUT2D eigenvalue weighted by molar-refractivity contribution is 7.88. The Balaban J connectivity index is 2.81. The second-order valence-electron chi connectivity index (χ2n) is 4.24.